The van der Waals surface area contributed by atoms with Gasteiger partial charge in [-0.2, -0.15) is 0 Å². The van der Waals surface area contributed by atoms with Gasteiger partial charge in [0, 0.05) is 16.2 Å². The third-order valence-corrected chi connectivity index (χ3v) is 3.59. The molecular weight excluding hydrogens is 332 g/mol. The summed E-state index contributed by atoms with van der Waals surface area (Å²) in [6, 6.07) is 11.9. The number of anilines is 1. The van der Waals surface area contributed by atoms with Crippen molar-refractivity contribution >= 4 is 29.0 Å². The summed E-state index contributed by atoms with van der Waals surface area (Å²) in [5.41, 5.74) is 2.44. The number of halogens is 1. The van der Waals surface area contributed by atoms with Crippen LogP contribution in [0.1, 0.15) is 21.5 Å². The molecule has 0 aliphatic carbocycles. The summed E-state index contributed by atoms with van der Waals surface area (Å²) >= 11 is 5.98. The molecule has 1 N–H and O–H groups in total. The zero-order valence-corrected chi connectivity index (χ0v) is 13.7. The molecule has 0 aliphatic heterocycles. The average molecular weight is 347 g/mol. The van der Waals surface area contributed by atoms with Crippen molar-refractivity contribution < 1.29 is 14.5 Å². The highest BCUT2D eigenvalue weighted by Gasteiger charge is 2.16. The summed E-state index contributed by atoms with van der Waals surface area (Å²) in [7, 11) is 0. The lowest BCUT2D eigenvalue weighted by Crippen LogP contribution is -2.16. The highest BCUT2D eigenvalue weighted by atomic mass is 35.5. The highest BCUT2D eigenvalue weighted by molar-refractivity contribution is 6.34. The van der Waals surface area contributed by atoms with Crippen LogP contribution >= 0.6 is 11.6 Å². The Hall–Kier alpha value is -2.73. The van der Waals surface area contributed by atoms with Gasteiger partial charge in [0.2, 0.25) is 11.7 Å². The van der Waals surface area contributed by atoms with E-state index < -0.39 is 17.3 Å². The highest BCUT2D eigenvalue weighted by Crippen LogP contribution is 2.22. The number of benzene rings is 2. The van der Waals surface area contributed by atoms with Crippen molar-refractivity contribution in [2.24, 2.45) is 0 Å². The van der Waals surface area contributed by atoms with Gasteiger partial charge in [-0.15, -0.1) is 0 Å². The average Bonchev–Trinajstić information content (AvgIpc) is 2.46. The van der Waals surface area contributed by atoms with Crippen LogP contribution in [0.15, 0.2) is 42.5 Å². The van der Waals surface area contributed by atoms with Crippen molar-refractivity contribution in [3.63, 3.8) is 0 Å². The van der Waals surface area contributed by atoms with Crippen LogP contribution < -0.4 is 5.32 Å². The molecule has 0 fully saturated rings. The zero-order valence-electron chi connectivity index (χ0n) is 12.9. The lowest BCUT2D eigenvalue weighted by molar-refractivity contribution is -0.465. The number of carbonyl (C=O) groups is 2. The molecule has 0 unspecified atom stereocenters. The number of rotatable bonds is 6. The summed E-state index contributed by atoms with van der Waals surface area (Å²) in [6.07, 6.45) is 0.210. The molecule has 1 amide bonds. The van der Waals surface area contributed by atoms with Gasteiger partial charge in [0.25, 0.3) is 6.54 Å². The molecular formula is C17H15ClN2O4. The molecule has 6 nitrogen and oxygen atoms in total. The number of nitro groups is 1. The smallest absolute Gasteiger partial charge is 0.265 e. The van der Waals surface area contributed by atoms with Crippen LogP contribution in [-0.4, -0.2) is 23.2 Å². The Kier molecular flexibility index (Phi) is 5.65. The Morgan fingerprint density at radius 2 is 1.96 bits per heavy atom. The van der Waals surface area contributed by atoms with Crippen LogP contribution in [0.25, 0.3) is 0 Å². The number of hydrogen-bond donors (Lipinski definition) is 1. The Balaban J connectivity index is 2.05. The van der Waals surface area contributed by atoms with Gasteiger partial charge in [-0.05, 0) is 30.7 Å². The molecule has 0 atom stereocenters. The molecule has 2 rings (SSSR count). The van der Waals surface area contributed by atoms with E-state index in [1.54, 1.807) is 0 Å². The minimum Gasteiger partial charge on any atom is -0.326 e. The monoisotopic (exact) mass is 346 g/mol. The number of nitrogens with one attached hydrogen (secondary N) is 1. The van der Waals surface area contributed by atoms with E-state index >= 15 is 0 Å². The van der Waals surface area contributed by atoms with E-state index in [0.717, 1.165) is 11.1 Å². The number of aryl methyl sites for hydroxylation is 1. The fraction of sp³-hybridized carbons (Fsp3) is 0.176. The van der Waals surface area contributed by atoms with Crippen molar-refractivity contribution in [3.8, 4) is 0 Å². The summed E-state index contributed by atoms with van der Waals surface area (Å²) in [5.74, 6) is -0.899. The second kappa shape index (κ2) is 7.70. The van der Waals surface area contributed by atoms with Gasteiger partial charge < -0.3 is 5.32 Å². The molecule has 2 aromatic rings. The quantitative estimate of drug-likeness (QED) is 0.493. The second-order valence-corrected chi connectivity index (χ2v) is 5.73. The summed E-state index contributed by atoms with van der Waals surface area (Å²) in [6.45, 7) is 1.13. The molecule has 0 bridgehead atoms. The lowest BCUT2D eigenvalue weighted by Gasteiger charge is -2.08. The second-order valence-electron chi connectivity index (χ2n) is 5.32. The van der Waals surface area contributed by atoms with E-state index in [-0.39, 0.29) is 22.9 Å². The molecule has 0 saturated carbocycles. The van der Waals surface area contributed by atoms with Gasteiger partial charge in [-0.25, -0.2) is 0 Å². The summed E-state index contributed by atoms with van der Waals surface area (Å²) in [4.78, 5) is 33.4. The topological polar surface area (TPSA) is 89.3 Å². The Morgan fingerprint density at radius 3 is 2.58 bits per heavy atom. The zero-order chi connectivity index (χ0) is 17.7. The lowest BCUT2D eigenvalue weighted by atomic mass is 10.1. The van der Waals surface area contributed by atoms with Gasteiger partial charge in [0.1, 0.15) is 0 Å². The molecule has 0 aromatic heterocycles. The van der Waals surface area contributed by atoms with Gasteiger partial charge in [0.15, 0.2) is 0 Å². The van der Waals surface area contributed by atoms with E-state index in [1.165, 1.54) is 18.2 Å². The molecule has 2 aromatic carbocycles. The van der Waals surface area contributed by atoms with Gasteiger partial charge in [-0.1, -0.05) is 41.4 Å². The molecule has 7 heteroatoms. The van der Waals surface area contributed by atoms with Crippen LogP contribution in [-0.2, 0) is 11.2 Å². The SMILES string of the molecule is Cc1cccc(CC(=O)Nc2ccc(C(=O)C[N+](=O)[O-])c(Cl)c2)c1. The van der Waals surface area contributed by atoms with Crippen LogP contribution in [0.2, 0.25) is 5.02 Å². The van der Waals surface area contributed by atoms with Crippen LogP contribution in [0.3, 0.4) is 0 Å². The third kappa shape index (κ3) is 4.89. The number of ketones is 1. The van der Waals surface area contributed by atoms with Crippen molar-refractivity contribution in [2.75, 3.05) is 11.9 Å². The standard InChI is InChI=1S/C17H15ClN2O4/c1-11-3-2-4-12(7-11)8-17(22)19-13-5-6-14(15(18)9-13)16(21)10-20(23)24/h2-7,9H,8,10H2,1H3,(H,19,22). The Bertz CT molecular complexity index is 805. The fourth-order valence-corrected chi connectivity index (χ4v) is 2.52. The maximum Gasteiger partial charge on any atom is 0.265 e. The number of carbonyl (C=O) groups excluding carboxylic acids is 2. The molecule has 0 aliphatic rings. The first-order chi connectivity index (χ1) is 11.3. The molecule has 24 heavy (non-hydrogen) atoms. The number of Topliss-reactive ketones (excluding diaryl/α,β-unsaturated/α-hetero) is 1. The number of amides is 1. The fourth-order valence-electron chi connectivity index (χ4n) is 2.23. The molecule has 0 saturated heterocycles. The molecule has 0 radical (unpaired) electrons. The van der Waals surface area contributed by atoms with E-state index in [0.29, 0.717) is 5.69 Å². The minimum absolute atomic E-state index is 0.0602. The van der Waals surface area contributed by atoms with Crippen molar-refractivity contribution in [2.45, 2.75) is 13.3 Å². The van der Waals surface area contributed by atoms with Crippen molar-refractivity contribution in [1.29, 1.82) is 0 Å². The van der Waals surface area contributed by atoms with Crippen LogP contribution in [0.5, 0.6) is 0 Å². The van der Waals surface area contributed by atoms with Crippen LogP contribution in [0, 0.1) is 17.0 Å². The molecule has 124 valence electrons. The predicted octanol–water partition coefficient (Wildman–Crippen LogP) is 3.29. The summed E-state index contributed by atoms with van der Waals surface area (Å²) < 4.78 is 0. The van der Waals surface area contributed by atoms with Crippen molar-refractivity contribution in [3.05, 3.63) is 74.3 Å². The Labute approximate surface area is 143 Å². The molecule has 0 spiro atoms. The molecule has 0 heterocycles. The maximum atomic E-state index is 12.1. The van der Waals surface area contributed by atoms with Gasteiger partial charge in [0.05, 0.1) is 11.4 Å². The number of nitrogens with zero attached hydrogens (tertiary/aromatic N) is 1. The summed E-state index contributed by atoms with van der Waals surface area (Å²) in [5, 5.41) is 13.1. The van der Waals surface area contributed by atoms with Crippen molar-refractivity contribution in [1.82, 2.24) is 0 Å². The van der Waals surface area contributed by atoms with Gasteiger partial charge >= 0.3 is 0 Å². The Morgan fingerprint density at radius 1 is 1.21 bits per heavy atom. The van der Waals surface area contributed by atoms with E-state index in [4.69, 9.17) is 11.6 Å². The first kappa shape index (κ1) is 17.6. The van der Waals surface area contributed by atoms with Gasteiger partial charge in [-0.3, -0.25) is 19.7 Å². The van der Waals surface area contributed by atoms with E-state index in [1.807, 2.05) is 31.2 Å². The number of hydrogen-bond acceptors (Lipinski definition) is 4. The van der Waals surface area contributed by atoms with Crippen LogP contribution in [0.4, 0.5) is 5.69 Å². The predicted molar refractivity (Wildman–Crippen MR) is 91.2 cm³/mol. The first-order valence-corrected chi connectivity index (χ1v) is 7.53. The van der Waals surface area contributed by atoms with E-state index in [9.17, 15) is 19.7 Å². The maximum absolute atomic E-state index is 12.1. The normalized spacial score (nSPS) is 10.2. The largest absolute Gasteiger partial charge is 0.326 e. The minimum atomic E-state index is -0.821. The third-order valence-electron chi connectivity index (χ3n) is 3.27. The first-order valence-electron chi connectivity index (χ1n) is 7.15. The van der Waals surface area contributed by atoms with E-state index in [2.05, 4.69) is 5.32 Å².